The standard InChI is InChI=1S/C18H8N2S5/c1-3-10(21-6-1)12-13-15-9(5-8-23-15)16-14(19-20-25-16)18(13)24-17(12)11-4-2-7-22-11/h1-8H. The summed E-state index contributed by atoms with van der Waals surface area (Å²) >= 11 is 8.80. The van der Waals surface area contributed by atoms with Crippen LogP contribution in [0.5, 0.6) is 0 Å². The molecule has 0 aliphatic rings. The van der Waals surface area contributed by atoms with Gasteiger partial charge in [0.2, 0.25) is 0 Å². The number of hydrogen-bond donors (Lipinski definition) is 0. The van der Waals surface area contributed by atoms with Crippen molar-refractivity contribution in [1.29, 1.82) is 0 Å². The zero-order valence-electron chi connectivity index (χ0n) is 12.6. The molecule has 0 bridgehead atoms. The first-order valence-electron chi connectivity index (χ1n) is 7.57. The maximum absolute atomic E-state index is 4.48. The molecule has 25 heavy (non-hydrogen) atoms. The van der Waals surface area contributed by atoms with Crippen LogP contribution < -0.4 is 0 Å². The van der Waals surface area contributed by atoms with E-state index in [-0.39, 0.29) is 0 Å². The summed E-state index contributed by atoms with van der Waals surface area (Å²) in [5.74, 6) is 0. The monoisotopic (exact) mass is 412 g/mol. The Morgan fingerprint density at radius 3 is 2.40 bits per heavy atom. The molecular weight excluding hydrogens is 405 g/mol. The third-order valence-corrected chi connectivity index (χ3v) is 9.09. The van der Waals surface area contributed by atoms with E-state index in [1.807, 2.05) is 34.0 Å². The molecule has 0 N–H and O–H groups in total. The highest BCUT2D eigenvalue weighted by Crippen LogP contribution is 2.52. The van der Waals surface area contributed by atoms with Crippen LogP contribution in [0.15, 0.2) is 46.5 Å². The number of aromatic nitrogens is 2. The summed E-state index contributed by atoms with van der Waals surface area (Å²) in [6.07, 6.45) is 0. The highest BCUT2D eigenvalue weighted by Gasteiger charge is 2.23. The summed E-state index contributed by atoms with van der Waals surface area (Å²) in [5, 5.41) is 13.6. The largest absolute Gasteiger partial charge is 0.144 e. The van der Waals surface area contributed by atoms with Crippen molar-refractivity contribution in [2.75, 3.05) is 0 Å². The molecule has 6 aromatic rings. The molecule has 2 nitrogen and oxygen atoms in total. The van der Waals surface area contributed by atoms with E-state index in [4.69, 9.17) is 0 Å². The molecule has 0 aliphatic carbocycles. The summed E-state index contributed by atoms with van der Waals surface area (Å²) in [6.45, 7) is 0. The molecule has 0 atom stereocenters. The molecule has 0 saturated carbocycles. The van der Waals surface area contributed by atoms with E-state index in [0.29, 0.717) is 0 Å². The Balaban J connectivity index is 1.91. The molecule has 0 fully saturated rings. The number of fused-ring (bicyclic) bond motifs is 6. The van der Waals surface area contributed by atoms with Crippen LogP contribution in [-0.4, -0.2) is 9.59 Å². The zero-order chi connectivity index (χ0) is 16.4. The Kier molecular flexibility index (Phi) is 3.15. The summed E-state index contributed by atoms with van der Waals surface area (Å²) < 4.78 is 8.09. The predicted octanol–water partition coefficient (Wildman–Crippen LogP) is 7.58. The van der Waals surface area contributed by atoms with Crippen LogP contribution in [0.2, 0.25) is 0 Å². The molecule has 0 amide bonds. The lowest BCUT2D eigenvalue weighted by molar-refractivity contribution is 1.21. The first kappa shape index (κ1) is 14.5. The maximum Gasteiger partial charge on any atom is 0.124 e. The fourth-order valence-electron chi connectivity index (χ4n) is 3.25. The number of rotatable bonds is 2. The van der Waals surface area contributed by atoms with E-state index in [0.717, 1.165) is 5.52 Å². The lowest BCUT2D eigenvalue weighted by Crippen LogP contribution is -1.76. The predicted molar refractivity (Wildman–Crippen MR) is 115 cm³/mol. The van der Waals surface area contributed by atoms with Crippen LogP contribution in [0.4, 0.5) is 0 Å². The number of hydrogen-bond acceptors (Lipinski definition) is 7. The van der Waals surface area contributed by atoms with E-state index in [2.05, 4.69) is 56.1 Å². The fraction of sp³-hybridized carbons (Fsp3) is 0. The molecule has 0 spiro atoms. The van der Waals surface area contributed by atoms with Gasteiger partial charge in [0.05, 0.1) is 14.3 Å². The highest BCUT2D eigenvalue weighted by molar-refractivity contribution is 7.29. The number of thiophene rings is 4. The van der Waals surface area contributed by atoms with Gasteiger partial charge in [-0.1, -0.05) is 16.6 Å². The van der Waals surface area contributed by atoms with Gasteiger partial charge in [-0.2, -0.15) is 0 Å². The molecule has 0 unspecified atom stereocenters. The van der Waals surface area contributed by atoms with Crippen LogP contribution in [-0.2, 0) is 0 Å². The summed E-state index contributed by atoms with van der Waals surface area (Å²) in [4.78, 5) is 4.00. The van der Waals surface area contributed by atoms with Crippen LogP contribution in [0.1, 0.15) is 0 Å². The van der Waals surface area contributed by atoms with Gasteiger partial charge in [0.25, 0.3) is 0 Å². The van der Waals surface area contributed by atoms with Crippen molar-refractivity contribution < 1.29 is 0 Å². The molecule has 0 radical (unpaired) electrons. The van der Waals surface area contributed by atoms with Crippen LogP contribution >= 0.6 is 56.9 Å². The second-order valence-corrected chi connectivity index (χ2v) is 10.2. The molecule has 0 aliphatic heterocycles. The molecule has 120 valence electrons. The topological polar surface area (TPSA) is 25.8 Å². The molecule has 0 saturated heterocycles. The molecule has 6 rings (SSSR count). The van der Waals surface area contributed by atoms with Crippen molar-refractivity contribution in [3.63, 3.8) is 0 Å². The Morgan fingerprint density at radius 1 is 0.760 bits per heavy atom. The van der Waals surface area contributed by atoms with Gasteiger partial charge >= 0.3 is 0 Å². The minimum atomic E-state index is 1.05. The fourth-order valence-corrected chi connectivity index (χ4v) is 8.12. The van der Waals surface area contributed by atoms with E-state index in [9.17, 15) is 0 Å². The third-order valence-electron chi connectivity index (χ3n) is 4.26. The lowest BCUT2D eigenvalue weighted by atomic mass is 10.1. The first-order valence-corrected chi connectivity index (χ1v) is 11.8. The average Bonchev–Trinajstić information content (AvgIpc) is 3.46. The summed E-state index contributed by atoms with van der Waals surface area (Å²) in [6, 6.07) is 10.9. The van der Waals surface area contributed by atoms with Crippen molar-refractivity contribution in [3.05, 3.63) is 46.5 Å². The zero-order valence-corrected chi connectivity index (χ0v) is 16.6. The smallest absolute Gasteiger partial charge is 0.124 e. The van der Waals surface area contributed by atoms with Crippen molar-refractivity contribution >= 4 is 87.3 Å². The minimum Gasteiger partial charge on any atom is -0.144 e. The molecule has 5 heterocycles. The van der Waals surface area contributed by atoms with Crippen molar-refractivity contribution in [3.8, 4) is 20.2 Å². The lowest BCUT2D eigenvalue weighted by Gasteiger charge is -2.02. The van der Waals surface area contributed by atoms with Crippen LogP contribution in [0.3, 0.4) is 0 Å². The second-order valence-electron chi connectivity index (χ2n) is 5.58. The maximum atomic E-state index is 4.48. The highest BCUT2D eigenvalue weighted by atomic mass is 32.1. The van der Waals surface area contributed by atoms with E-state index >= 15 is 0 Å². The summed E-state index contributed by atoms with van der Waals surface area (Å²) in [7, 11) is 0. The van der Waals surface area contributed by atoms with Crippen molar-refractivity contribution in [1.82, 2.24) is 9.59 Å². The van der Waals surface area contributed by atoms with Gasteiger partial charge in [-0.25, -0.2) is 0 Å². The molecule has 5 aromatic heterocycles. The van der Waals surface area contributed by atoms with Crippen LogP contribution in [0, 0.1) is 0 Å². The van der Waals surface area contributed by atoms with E-state index in [1.165, 1.54) is 56.6 Å². The van der Waals surface area contributed by atoms with Gasteiger partial charge < -0.3 is 0 Å². The molecule has 7 heteroatoms. The number of nitrogens with zero attached hydrogens (tertiary/aromatic N) is 2. The van der Waals surface area contributed by atoms with Crippen LogP contribution in [0.25, 0.3) is 50.6 Å². The first-order chi connectivity index (χ1) is 12.4. The SMILES string of the molecule is c1csc(-c2sc3c4nnsc4c4ccsc4c3c2-c2cccs2)c1. The van der Waals surface area contributed by atoms with Gasteiger partial charge in [-0.05, 0) is 45.9 Å². The van der Waals surface area contributed by atoms with Gasteiger partial charge in [-0.15, -0.1) is 50.4 Å². The molecular formula is C18H8N2S5. The Hall–Kier alpha value is -1.64. The van der Waals surface area contributed by atoms with Gasteiger partial charge in [0, 0.05) is 30.8 Å². The minimum absolute atomic E-state index is 1.05. The second kappa shape index (κ2) is 5.43. The van der Waals surface area contributed by atoms with Gasteiger partial charge in [-0.3, -0.25) is 0 Å². The average molecular weight is 413 g/mol. The molecule has 1 aromatic carbocycles. The van der Waals surface area contributed by atoms with Gasteiger partial charge in [0.1, 0.15) is 5.52 Å². The Bertz CT molecular complexity index is 1330. The Labute approximate surface area is 162 Å². The number of benzene rings is 1. The quantitative estimate of drug-likeness (QED) is 0.293. The summed E-state index contributed by atoms with van der Waals surface area (Å²) in [5.41, 5.74) is 2.41. The third kappa shape index (κ3) is 1.98. The van der Waals surface area contributed by atoms with E-state index in [1.54, 1.807) is 11.3 Å². The van der Waals surface area contributed by atoms with Crippen molar-refractivity contribution in [2.24, 2.45) is 0 Å². The normalized spacial score (nSPS) is 12.0. The van der Waals surface area contributed by atoms with E-state index < -0.39 is 0 Å². The van der Waals surface area contributed by atoms with Crippen molar-refractivity contribution in [2.45, 2.75) is 0 Å². The van der Waals surface area contributed by atoms with Gasteiger partial charge in [0.15, 0.2) is 0 Å². The Morgan fingerprint density at radius 2 is 1.60 bits per heavy atom.